The predicted molar refractivity (Wildman–Crippen MR) is 79.4 cm³/mol. The summed E-state index contributed by atoms with van der Waals surface area (Å²) in [7, 11) is 0. The molecule has 1 fully saturated rings. The Labute approximate surface area is 118 Å². The number of amides is 1. The Morgan fingerprint density at radius 2 is 2.25 bits per heavy atom. The van der Waals surface area contributed by atoms with E-state index >= 15 is 0 Å². The van der Waals surface area contributed by atoms with Crippen molar-refractivity contribution in [3.05, 3.63) is 23.9 Å². The Morgan fingerprint density at radius 1 is 1.50 bits per heavy atom. The second-order valence-electron chi connectivity index (χ2n) is 5.96. The van der Waals surface area contributed by atoms with Crippen LogP contribution in [0.25, 0.3) is 10.9 Å². The van der Waals surface area contributed by atoms with Crippen molar-refractivity contribution in [1.82, 2.24) is 15.1 Å². The molecule has 1 aromatic heterocycles. The number of aromatic nitrogens is 2. The number of hydrogen-bond acceptors (Lipinski definition) is 3. The van der Waals surface area contributed by atoms with Crippen molar-refractivity contribution in [2.24, 2.45) is 5.92 Å². The third-order valence-corrected chi connectivity index (χ3v) is 3.60. The minimum Gasteiger partial charge on any atom is -0.399 e. The van der Waals surface area contributed by atoms with E-state index in [2.05, 4.69) is 24.0 Å². The average Bonchev–Trinajstić information content (AvgIpc) is 3.15. The van der Waals surface area contributed by atoms with Crippen LogP contribution in [-0.2, 0) is 0 Å². The molecule has 0 radical (unpaired) electrons. The fraction of sp³-hybridized carbons (Fsp3) is 0.467. The highest BCUT2D eigenvalue weighted by molar-refractivity contribution is 6.05. The van der Waals surface area contributed by atoms with Crippen LogP contribution in [0, 0.1) is 5.92 Å². The van der Waals surface area contributed by atoms with Crippen molar-refractivity contribution in [2.45, 2.75) is 32.7 Å². The van der Waals surface area contributed by atoms with Crippen molar-refractivity contribution < 1.29 is 4.79 Å². The summed E-state index contributed by atoms with van der Waals surface area (Å²) in [6.45, 7) is 5.03. The number of nitrogens with zero attached hydrogens (tertiary/aromatic N) is 2. The summed E-state index contributed by atoms with van der Waals surface area (Å²) in [5.41, 5.74) is 7.80. The maximum absolute atomic E-state index is 12.8. The Kier molecular flexibility index (Phi) is 3.12. The molecule has 1 saturated carbocycles. The molecule has 0 aliphatic heterocycles. The number of carbonyl (C=O) groups excluding carboxylic acids is 1. The molecule has 1 aromatic carbocycles. The van der Waals surface area contributed by atoms with E-state index < -0.39 is 0 Å². The number of anilines is 1. The van der Waals surface area contributed by atoms with Crippen LogP contribution < -0.4 is 5.73 Å². The molecule has 1 aliphatic rings. The third-order valence-electron chi connectivity index (χ3n) is 3.60. The van der Waals surface area contributed by atoms with Gasteiger partial charge in [0.05, 0.1) is 5.52 Å². The summed E-state index contributed by atoms with van der Waals surface area (Å²) in [5.74, 6) is 0.466. The first kappa shape index (κ1) is 13.0. The van der Waals surface area contributed by atoms with Crippen LogP contribution in [0.1, 0.15) is 37.2 Å². The van der Waals surface area contributed by atoms with Gasteiger partial charge in [0.1, 0.15) is 0 Å². The van der Waals surface area contributed by atoms with Crippen LogP contribution in [-0.4, -0.2) is 33.6 Å². The van der Waals surface area contributed by atoms with Crippen LogP contribution in [0.4, 0.5) is 5.69 Å². The van der Waals surface area contributed by atoms with Gasteiger partial charge in [0, 0.05) is 23.7 Å². The Morgan fingerprint density at radius 3 is 2.90 bits per heavy atom. The molecule has 1 aliphatic carbocycles. The number of rotatable bonds is 4. The van der Waals surface area contributed by atoms with Gasteiger partial charge in [-0.2, -0.15) is 5.10 Å². The molecule has 1 heterocycles. The summed E-state index contributed by atoms with van der Waals surface area (Å²) in [5, 5.41) is 7.92. The number of hydrogen-bond donors (Lipinski definition) is 2. The lowest BCUT2D eigenvalue weighted by Gasteiger charge is -2.23. The fourth-order valence-electron chi connectivity index (χ4n) is 2.51. The van der Waals surface area contributed by atoms with Crippen molar-refractivity contribution in [3.8, 4) is 0 Å². The molecule has 2 aromatic rings. The molecule has 0 atom stereocenters. The van der Waals surface area contributed by atoms with E-state index in [9.17, 15) is 4.79 Å². The van der Waals surface area contributed by atoms with Crippen LogP contribution in [0.5, 0.6) is 0 Å². The number of nitrogen functional groups attached to an aromatic ring is 1. The van der Waals surface area contributed by atoms with Crippen LogP contribution in [0.2, 0.25) is 0 Å². The largest absolute Gasteiger partial charge is 0.399 e. The van der Waals surface area contributed by atoms with Crippen molar-refractivity contribution >= 4 is 22.5 Å². The van der Waals surface area contributed by atoms with Gasteiger partial charge in [-0.15, -0.1) is 0 Å². The minimum absolute atomic E-state index is 0.0121. The van der Waals surface area contributed by atoms with Gasteiger partial charge in [-0.05, 0) is 37.0 Å². The van der Waals surface area contributed by atoms with E-state index in [1.165, 1.54) is 0 Å². The number of benzene rings is 1. The van der Waals surface area contributed by atoms with Crippen LogP contribution in [0.3, 0.4) is 0 Å². The molecule has 0 spiro atoms. The first-order chi connectivity index (χ1) is 9.56. The van der Waals surface area contributed by atoms with Gasteiger partial charge in [-0.3, -0.25) is 9.89 Å². The lowest BCUT2D eigenvalue weighted by molar-refractivity contribution is 0.0718. The van der Waals surface area contributed by atoms with Crippen molar-refractivity contribution in [1.29, 1.82) is 0 Å². The molecular weight excluding hydrogens is 252 g/mol. The quantitative estimate of drug-likeness (QED) is 0.839. The highest BCUT2D eigenvalue weighted by Crippen LogP contribution is 2.30. The van der Waals surface area contributed by atoms with E-state index in [-0.39, 0.29) is 5.91 Å². The summed E-state index contributed by atoms with van der Waals surface area (Å²) in [4.78, 5) is 14.7. The summed E-state index contributed by atoms with van der Waals surface area (Å²) < 4.78 is 0. The number of H-pyrrole nitrogens is 1. The third kappa shape index (κ3) is 2.35. The molecule has 106 valence electrons. The first-order valence-corrected chi connectivity index (χ1v) is 7.11. The maximum Gasteiger partial charge on any atom is 0.275 e. The topological polar surface area (TPSA) is 75.0 Å². The normalized spacial score (nSPS) is 14.9. The van der Waals surface area contributed by atoms with Gasteiger partial charge >= 0.3 is 0 Å². The molecule has 3 N–H and O–H groups in total. The summed E-state index contributed by atoms with van der Waals surface area (Å²) >= 11 is 0. The first-order valence-electron chi connectivity index (χ1n) is 7.11. The Bertz CT molecular complexity index is 642. The van der Waals surface area contributed by atoms with Crippen molar-refractivity contribution in [3.63, 3.8) is 0 Å². The van der Waals surface area contributed by atoms with Gasteiger partial charge in [-0.1, -0.05) is 13.8 Å². The van der Waals surface area contributed by atoms with Gasteiger partial charge in [-0.25, -0.2) is 0 Å². The molecule has 5 nitrogen and oxygen atoms in total. The van der Waals surface area contributed by atoms with E-state index in [0.717, 1.165) is 30.3 Å². The number of nitrogens with one attached hydrogen (secondary N) is 1. The molecule has 0 unspecified atom stereocenters. The SMILES string of the molecule is CC(C)CN(C(=O)c1n[nH]c2ccc(N)cc12)C1CC1. The Balaban J connectivity index is 1.96. The standard InChI is InChI=1S/C15H20N4O/c1-9(2)8-19(11-4-5-11)15(20)14-12-7-10(16)3-6-13(12)17-18-14/h3,6-7,9,11H,4-5,8,16H2,1-2H3,(H,17,18). The minimum atomic E-state index is 0.0121. The van der Waals surface area contributed by atoms with E-state index in [1.807, 2.05) is 23.1 Å². The highest BCUT2D eigenvalue weighted by atomic mass is 16.2. The van der Waals surface area contributed by atoms with Crippen LogP contribution in [0.15, 0.2) is 18.2 Å². The monoisotopic (exact) mass is 272 g/mol. The fourth-order valence-corrected chi connectivity index (χ4v) is 2.51. The maximum atomic E-state index is 12.8. The smallest absolute Gasteiger partial charge is 0.275 e. The van der Waals surface area contributed by atoms with Gasteiger partial charge in [0.25, 0.3) is 5.91 Å². The molecule has 3 rings (SSSR count). The number of aromatic amines is 1. The lowest BCUT2D eigenvalue weighted by atomic mass is 10.1. The van der Waals surface area contributed by atoms with E-state index in [4.69, 9.17) is 5.73 Å². The molecule has 5 heteroatoms. The van der Waals surface area contributed by atoms with Crippen LogP contribution >= 0.6 is 0 Å². The van der Waals surface area contributed by atoms with Gasteiger partial charge < -0.3 is 10.6 Å². The summed E-state index contributed by atoms with van der Waals surface area (Å²) in [6.07, 6.45) is 2.20. The Hall–Kier alpha value is -2.04. The molecule has 0 saturated heterocycles. The second kappa shape index (κ2) is 4.81. The highest BCUT2D eigenvalue weighted by Gasteiger charge is 2.34. The number of carbonyl (C=O) groups is 1. The van der Waals surface area contributed by atoms with Gasteiger partial charge in [0.2, 0.25) is 0 Å². The molecule has 1 amide bonds. The van der Waals surface area contributed by atoms with Crippen molar-refractivity contribution in [2.75, 3.05) is 12.3 Å². The average molecular weight is 272 g/mol. The second-order valence-corrected chi connectivity index (χ2v) is 5.96. The number of fused-ring (bicyclic) bond motifs is 1. The van der Waals surface area contributed by atoms with E-state index in [0.29, 0.717) is 23.3 Å². The molecule has 20 heavy (non-hydrogen) atoms. The lowest BCUT2D eigenvalue weighted by Crippen LogP contribution is -2.36. The zero-order chi connectivity index (χ0) is 14.3. The zero-order valence-electron chi connectivity index (χ0n) is 11.9. The number of nitrogens with two attached hydrogens (primary N) is 1. The van der Waals surface area contributed by atoms with Gasteiger partial charge in [0.15, 0.2) is 5.69 Å². The zero-order valence-corrected chi connectivity index (χ0v) is 11.9. The summed E-state index contributed by atoms with van der Waals surface area (Å²) in [6, 6.07) is 5.87. The van der Waals surface area contributed by atoms with E-state index in [1.54, 1.807) is 0 Å². The predicted octanol–water partition coefficient (Wildman–Crippen LogP) is 2.41. The molecular formula is C15H20N4O. The molecule has 0 bridgehead atoms.